The van der Waals surface area contributed by atoms with Gasteiger partial charge in [0.2, 0.25) is 5.28 Å². The number of rotatable bonds is 4. The highest BCUT2D eigenvalue weighted by Gasteiger charge is 2.06. The fourth-order valence-electron chi connectivity index (χ4n) is 1.30. The van der Waals surface area contributed by atoms with Crippen molar-refractivity contribution in [3.63, 3.8) is 0 Å². The molecule has 19 heavy (non-hydrogen) atoms. The van der Waals surface area contributed by atoms with Crippen molar-refractivity contribution in [1.29, 1.82) is 0 Å². The standard InChI is InChI=1S/C12H10ClFN4O/c13-12-16-7-10(14)11(18-12)17-8-1-3-9(4-2-8)19-6-5-15/h1-7H,15H2,(H,16,17,18). The number of hydrogen-bond acceptors (Lipinski definition) is 5. The zero-order valence-electron chi connectivity index (χ0n) is 9.68. The molecule has 0 saturated carbocycles. The maximum Gasteiger partial charge on any atom is 0.224 e. The van der Waals surface area contributed by atoms with Crippen molar-refractivity contribution in [3.8, 4) is 5.75 Å². The highest BCUT2D eigenvalue weighted by atomic mass is 35.5. The first-order valence-electron chi connectivity index (χ1n) is 5.27. The monoisotopic (exact) mass is 280 g/mol. The molecule has 2 rings (SSSR count). The van der Waals surface area contributed by atoms with Gasteiger partial charge in [0, 0.05) is 11.9 Å². The van der Waals surface area contributed by atoms with Crippen LogP contribution in [0.4, 0.5) is 15.9 Å². The lowest BCUT2D eigenvalue weighted by molar-refractivity contribution is 0.480. The van der Waals surface area contributed by atoms with E-state index in [-0.39, 0.29) is 11.1 Å². The molecule has 0 aliphatic carbocycles. The number of nitrogens with two attached hydrogens (primary N) is 1. The lowest BCUT2D eigenvalue weighted by Crippen LogP contribution is -1.98. The maximum atomic E-state index is 13.4. The Labute approximate surface area is 113 Å². The second-order valence-corrected chi connectivity index (χ2v) is 3.77. The van der Waals surface area contributed by atoms with E-state index in [0.29, 0.717) is 11.4 Å². The molecule has 3 N–H and O–H groups in total. The van der Waals surface area contributed by atoms with Gasteiger partial charge in [-0.1, -0.05) is 0 Å². The Morgan fingerprint density at radius 2 is 2.05 bits per heavy atom. The molecule has 0 unspecified atom stereocenters. The molecule has 1 aromatic carbocycles. The normalized spacial score (nSPS) is 10.6. The Hall–Kier alpha value is -2.34. The van der Waals surface area contributed by atoms with Gasteiger partial charge in [0.15, 0.2) is 11.6 Å². The summed E-state index contributed by atoms with van der Waals surface area (Å²) in [7, 11) is 0. The number of aromatic nitrogens is 2. The molecule has 0 atom stereocenters. The first-order chi connectivity index (χ1) is 9.19. The molecule has 1 aromatic heterocycles. The average Bonchev–Trinajstić information content (AvgIpc) is 2.42. The summed E-state index contributed by atoms with van der Waals surface area (Å²) >= 11 is 5.60. The van der Waals surface area contributed by atoms with Crippen LogP contribution in [0.1, 0.15) is 0 Å². The largest absolute Gasteiger partial charge is 0.464 e. The van der Waals surface area contributed by atoms with Crippen LogP contribution in [0.3, 0.4) is 0 Å². The molecule has 0 saturated heterocycles. The summed E-state index contributed by atoms with van der Waals surface area (Å²) in [4.78, 5) is 7.28. The third kappa shape index (κ3) is 3.56. The van der Waals surface area contributed by atoms with Gasteiger partial charge in [-0.3, -0.25) is 0 Å². The number of nitrogens with one attached hydrogen (secondary N) is 1. The summed E-state index contributed by atoms with van der Waals surface area (Å²) in [5.41, 5.74) is 5.79. The molecule has 0 amide bonds. The molecule has 0 bridgehead atoms. The molecular formula is C12H10ClFN4O. The maximum absolute atomic E-state index is 13.4. The minimum atomic E-state index is -0.587. The molecule has 7 heteroatoms. The predicted octanol–water partition coefficient (Wildman–Crippen LogP) is 2.82. The lowest BCUT2D eigenvalue weighted by atomic mass is 10.3. The van der Waals surface area contributed by atoms with Crippen molar-refractivity contribution in [2.45, 2.75) is 0 Å². The van der Waals surface area contributed by atoms with E-state index in [1.807, 2.05) is 0 Å². The van der Waals surface area contributed by atoms with E-state index < -0.39 is 5.82 Å². The fourth-order valence-corrected chi connectivity index (χ4v) is 1.44. The third-order valence-corrected chi connectivity index (χ3v) is 2.30. The van der Waals surface area contributed by atoms with Gasteiger partial charge in [0.25, 0.3) is 0 Å². The van der Waals surface area contributed by atoms with Gasteiger partial charge in [-0.2, -0.15) is 4.98 Å². The molecule has 1 heterocycles. The van der Waals surface area contributed by atoms with E-state index in [1.165, 1.54) is 12.5 Å². The Morgan fingerprint density at radius 3 is 2.74 bits per heavy atom. The van der Waals surface area contributed by atoms with Crippen LogP contribution in [-0.4, -0.2) is 9.97 Å². The molecule has 5 nitrogen and oxygen atoms in total. The summed E-state index contributed by atoms with van der Waals surface area (Å²) in [6.07, 6.45) is 3.64. The Morgan fingerprint density at radius 1 is 1.32 bits per heavy atom. The Balaban J connectivity index is 2.12. The van der Waals surface area contributed by atoms with Gasteiger partial charge in [-0.25, -0.2) is 9.37 Å². The summed E-state index contributed by atoms with van der Waals surface area (Å²) in [6, 6.07) is 6.80. The van der Waals surface area contributed by atoms with Gasteiger partial charge < -0.3 is 15.8 Å². The molecule has 0 aliphatic heterocycles. The van der Waals surface area contributed by atoms with Crippen molar-refractivity contribution in [3.05, 3.63) is 54.0 Å². The van der Waals surface area contributed by atoms with Gasteiger partial charge in [-0.15, -0.1) is 0 Å². The number of ether oxygens (including phenoxy) is 1. The van der Waals surface area contributed by atoms with Crippen LogP contribution in [0.5, 0.6) is 5.75 Å². The average molecular weight is 281 g/mol. The molecule has 0 fully saturated rings. The minimum absolute atomic E-state index is 0.00974. The van der Waals surface area contributed by atoms with Crippen LogP contribution >= 0.6 is 11.6 Å². The second kappa shape index (κ2) is 6.01. The lowest BCUT2D eigenvalue weighted by Gasteiger charge is -2.07. The smallest absolute Gasteiger partial charge is 0.224 e. The third-order valence-electron chi connectivity index (χ3n) is 2.11. The van der Waals surface area contributed by atoms with Gasteiger partial charge in [0.05, 0.1) is 6.20 Å². The van der Waals surface area contributed by atoms with Crippen LogP contribution in [-0.2, 0) is 0 Å². The van der Waals surface area contributed by atoms with E-state index >= 15 is 0 Å². The quantitative estimate of drug-likeness (QED) is 0.665. The number of benzene rings is 1. The van der Waals surface area contributed by atoms with Crippen molar-refractivity contribution < 1.29 is 9.13 Å². The molecule has 2 aromatic rings. The summed E-state index contributed by atoms with van der Waals surface area (Å²) < 4.78 is 18.6. The number of anilines is 2. The molecular weight excluding hydrogens is 271 g/mol. The van der Waals surface area contributed by atoms with Gasteiger partial charge >= 0.3 is 0 Å². The van der Waals surface area contributed by atoms with Crippen molar-refractivity contribution in [1.82, 2.24) is 9.97 Å². The first kappa shape index (κ1) is 13.1. The van der Waals surface area contributed by atoms with E-state index in [9.17, 15) is 4.39 Å². The summed E-state index contributed by atoms with van der Waals surface area (Å²) in [6.45, 7) is 0. The van der Waals surface area contributed by atoms with Crippen LogP contribution < -0.4 is 15.8 Å². The SMILES string of the molecule is NC=COc1ccc(Nc2nc(Cl)ncc2F)cc1. The van der Waals surface area contributed by atoms with Crippen molar-refractivity contribution in [2.24, 2.45) is 5.73 Å². The first-order valence-corrected chi connectivity index (χ1v) is 5.65. The zero-order valence-corrected chi connectivity index (χ0v) is 10.4. The fraction of sp³-hybridized carbons (Fsp3) is 0. The van der Waals surface area contributed by atoms with E-state index in [4.69, 9.17) is 22.1 Å². The topological polar surface area (TPSA) is 73.1 Å². The zero-order chi connectivity index (χ0) is 13.7. The predicted molar refractivity (Wildman–Crippen MR) is 70.7 cm³/mol. The van der Waals surface area contributed by atoms with Crippen LogP contribution in [0, 0.1) is 5.82 Å². The molecule has 98 valence electrons. The van der Waals surface area contributed by atoms with Gasteiger partial charge in [0.1, 0.15) is 12.0 Å². The Kier molecular flexibility index (Phi) is 4.15. The van der Waals surface area contributed by atoms with Crippen LogP contribution in [0.2, 0.25) is 5.28 Å². The van der Waals surface area contributed by atoms with Crippen molar-refractivity contribution in [2.75, 3.05) is 5.32 Å². The van der Waals surface area contributed by atoms with E-state index in [0.717, 1.165) is 6.20 Å². The Bertz CT molecular complexity index is 589. The van der Waals surface area contributed by atoms with E-state index in [1.54, 1.807) is 24.3 Å². The van der Waals surface area contributed by atoms with Gasteiger partial charge in [-0.05, 0) is 35.9 Å². The molecule has 0 spiro atoms. The summed E-state index contributed by atoms with van der Waals surface area (Å²) in [5.74, 6) is 0.0276. The molecule has 0 aliphatic rings. The number of halogens is 2. The minimum Gasteiger partial charge on any atom is -0.464 e. The highest BCUT2D eigenvalue weighted by molar-refractivity contribution is 6.28. The van der Waals surface area contributed by atoms with Crippen LogP contribution in [0.15, 0.2) is 42.9 Å². The molecule has 0 radical (unpaired) electrons. The second-order valence-electron chi connectivity index (χ2n) is 3.43. The van der Waals surface area contributed by atoms with Crippen LogP contribution in [0.25, 0.3) is 0 Å². The highest BCUT2D eigenvalue weighted by Crippen LogP contribution is 2.21. The summed E-state index contributed by atoms with van der Waals surface area (Å²) in [5, 5.41) is 2.76. The number of nitrogens with zero attached hydrogens (tertiary/aromatic N) is 2. The number of hydrogen-bond donors (Lipinski definition) is 2. The van der Waals surface area contributed by atoms with E-state index in [2.05, 4.69) is 15.3 Å². The van der Waals surface area contributed by atoms with Crippen molar-refractivity contribution >= 4 is 23.1 Å².